The first-order valence-corrected chi connectivity index (χ1v) is 10.3. The standard InChI is InChI=1S/C24H31NO5/c1-17(26)24(2)16-25(23(27)28)15-20(24)19-11-12-21(29-3)22(14-19)30-13-7-10-18-8-5-4-6-9-18/h4-6,8-9,11-12,14,17,20,26H,7,10,13,15-16H2,1-3H3,(H,27,28)/p-1. The number of hydrogen-bond donors (Lipinski definition) is 1. The van der Waals surface area contributed by atoms with Crippen molar-refractivity contribution in [1.29, 1.82) is 0 Å². The number of rotatable bonds is 8. The number of ether oxygens (including phenoxy) is 2. The fourth-order valence-electron chi connectivity index (χ4n) is 4.19. The van der Waals surface area contributed by atoms with Gasteiger partial charge in [0.05, 0.1) is 19.8 Å². The molecule has 2 aromatic rings. The van der Waals surface area contributed by atoms with Crippen LogP contribution in [0.3, 0.4) is 0 Å². The molecule has 162 valence electrons. The number of amides is 1. The number of hydrogen-bond acceptors (Lipinski definition) is 5. The quantitative estimate of drug-likeness (QED) is 0.674. The molecule has 0 radical (unpaired) electrons. The van der Waals surface area contributed by atoms with E-state index in [1.54, 1.807) is 14.0 Å². The molecule has 0 aliphatic carbocycles. The van der Waals surface area contributed by atoms with Gasteiger partial charge in [0.25, 0.3) is 0 Å². The maximum absolute atomic E-state index is 11.4. The van der Waals surface area contributed by atoms with E-state index in [2.05, 4.69) is 12.1 Å². The minimum atomic E-state index is -1.21. The number of aliphatic hydroxyl groups is 1. The Hall–Kier alpha value is -2.73. The van der Waals surface area contributed by atoms with E-state index < -0.39 is 17.6 Å². The fourth-order valence-corrected chi connectivity index (χ4v) is 4.19. The van der Waals surface area contributed by atoms with Crippen molar-refractivity contribution in [2.75, 3.05) is 26.8 Å². The van der Waals surface area contributed by atoms with Crippen LogP contribution in [-0.2, 0) is 6.42 Å². The largest absolute Gasteiger partial charge is 0.530 e. The second-order valence-corrected chi connectivity index (χ2v) is 8.23. The molecule has 1 amide bonds. The van der Waals surface area contributed by atoms with Gasteiger partial charge in [-0.05, 0) is 43.0 Å². The van der Waals surface area contributed by atoms with Crippen LogP contribution in [0, 0.1) is 5.41 Å². The second-order valence-electron chi connectivity index (χ2n) is 8.23. The highest BCUT2D eigenvalue weighted by Crippen LogP contribution is 2.46. The van der Waals surface area contributed by atoms with Gasteiger partial charge < -0.3 is 29.4 Å². The Morgan fingerprint density at radius 3 is 2.63 bits per heavy atom. The van der Waals surface area contributed by atoms with Crippen LogP contribution in [0.15, 0.2) is 48.5 Å². The highest BCUT2D eigenvalue weighted by Gasteiger charge is 2.47. The molecule has 1 saturated heterocycles. The zero-order chi connectivity index (χ0) is 21.7. The predicted octanol–water partition coefficient (Wildman–Crippen LogP) is 2.84. The van der Waals surface area contributed by atoms with E-state index in [0.29, 0.717) is 18.1 Å². The summed E-state index contributed by atoms with van der Waals surface area (Å²) in [6.07, 6.45) is -0.101. The summed E-state index contributed by atoms with van der Waals surface area (Å²) in [4.78, 5) is 12.7. The van der Waals surface area contributed by atoms with Crippen LogP contribution in [0.2, 0.25) is 0 Å². The van der Waals surface area contributed by atoms with Crippen molar-refractivity contribution in [2.45, 2.75) is 38.7 Å². The lowest BCUT2D eigenvalue weighted by Gasteiger charge is -2.34. The number of benzene rings is 2. The molecule has 3 rings (SSSR count). The van der Waals surface area contributed by atoms with Crippen molar-refractivity contribution in [1.82, 2.24) is 4.90 Å². The van der Waals surface area contributed by atoms with Gasteiger partial charge >= 0.3 is 0 Å². The van der Waals surface area contributed by atoms with Crippen molar-refractivity contribution in [3.63, 3.8) is 0 Å². The number of carbonyl (C=O) groups is 1. The van der Waals surface area contributed by atoms with Crippen molar-refractivity contribution in [3.8, 4) is 11.5 Å². The van der Waals surface area contributed by atoms with Gasteiger partial charge in [-0.1, -0.05) is 43.3 Å². The fraction of sp³-hybridized carbons (Fsp3) is 0.458. The Balaban J connectivity index is 1.75. The van der Waals surface area contributed by atoms with E-state index in [1.807, 2.05) is 43.3 Å². The van der Waals surface area contributed by atoms with Gasteiger partial charge in [-0.15, -0.1) is 0 Å². The number of aryl methyl sites for hydroxylation is 1. The van der Waals surface area contributed by atoms with Gasteiger partial charge in [0.1, 0.15) is 6.09 Å². The van der Waals surface area contributed by atoms with Crippen molar-refractivity contribution in [2.24, 2.45) is 5.41 Å². The van der Waals surface area contributed by atoms with Gasteiger partial charge in [-0.2, -0.15) is 0 Å². The van der Waals surface area contributed by atoms with Gasteiger partial charge in [0.15, 0.2) is 11.5 Å². The lowest BCUT2D eigenvalue weighted by atomic mass is 9.72. The molecule has 3 unspecified atom stereocenters. The van der Waals surface area contributed by atoms with Gasteiger partial charge in [-0.3, -0.25) is 0 Å². The molecule has 30 heavy (non-hydrogen) atoms. The Kier molecular flexibility index (Phi) is 6.87. The molecule has 0 bridgehead atoms. The molecule has 1 fully saturated rings. The summed E-state index contributed by atoms with van der Waals surface area (Å²) in [6.45, 7) is 4.67. The average Bonchev–Trinajstić information content (AvgIpc) is 3.11. The van der Waals surface area contributed by atoms with Crippen LogP contribution < -0.4 is 14.6 Å². The Morgan fingerprint density at radius 2 is 2.00 bits per heavy atom. The Morgan fingerprint density at radius 1 is 1.27 bits per heavy atom. The lowest BCUT2D eigenvalue weighted by molar-refractivity contribution is -0.264. The first kappa shape index (κ1) is 22.0. The second kappa shape index (κ2) is 9.39. The molecular weight excluding hydrogens is 382 g/mol. The van der Waals surface area contributed by atoms with E-state index in [9.17, 15) is 15.0 Å². The zero-order valence-electron chi connectivity index (χ0n) is 17.8. The predicted molar refractivity (Wildman–Crippen MR) is 113 cm³/mol. The van der Waals surface area contributed by atoms with Crippen LogP contribution in [0.25, 0.3) is 0 Å². The Bertz CT molecular complexity index is 854. The molecule has 1 heterocycles. The highest BCUT2D eigenvalue weighted by atomic mass is 16.5. The first-order valence-electron chi connectivity index (χ1n) is 10.3. The van der Waals surface area contributed by atoms with Gasteiger partial charge in [0.2, 0.25) is 0 Å². The number of carboxylic acid groups (broad SMARTS) is 1. The molecule has 3 atom stereocenters. The van der Waals surface area contributed by atoms with Crippen molar-refractivity contribution in [3.05, 3.63) is 59.7 Å². The van der Waals surface area contributed by atoms with E-state index >= 15 is 0 Å². The third-order valence-electron chi connectivity index (χ3n) is 6.24. The molecule has 1 N–H and O–H groups in total. The van der Waals surface area contributed by atoms with Crippen molar-refractivity contribution >= 4 is 6.09 Å². The summed E-state index contributed by atoms with van der Waals surface area (Å²) in [5, 5.41) is 21.8. The maximum Gasteiger partial charge on any atom is 0.161 e. The molecule has 0 aromatic heterocycles. The van der Waals surface area contributed by atoms with Gasteiger partial charge in [-0.25, -0.2) is 0 Å². The van der Waals surface area contributed by atoms with Crippen molar-refractivity contribution < 1.29 is 24.5 Å². The third kappa shape index (κ3) is 4.70. The third-order valence-corrected chi connectivity index (χ3v) is 6.24. The average molecular weight is 413 g/mol. The lowest BCUT2D eigenvalue weighted by Crippen LogP contribution is -2.42. The maximum atomic E-state index is 11.4. The minimum Gasteiger partial charge on any atom is -0.530 e. The molecule has 2 aromatic carbocycles. The van der Waals surface area contributed by atoms with E-state index in [1.165, 1.54) is 10.5 Å². The topological polar surface area (TPSA) is 82.1 Å². The molecule has 1 aliphatic heterocycles. The molecule has 0 spiro atoms. The number of carbonyl (C=O) groups excluding carboxylic acids is 1. The molecular formula is C24H30NO5-. The molecule has 6 heteroatoms. The summed E-state index contributed by atoms with van der Waals surface area (Å²) >= 11 is 0. The minimum absolute atomic E-state index is 0.173. The number of nitrogens with zero attached hydrogens (tertiary/aromatic N) is 1. The van der Waals surface area contributed by atoms with E-state index in [-0.39, 0.29) is 19.0 Å². The van der Waals surface area contributed by atoms with Crippen LogP contribution in [0.4, 0.5) is 4.79 Å². The molecule has 1 aliphatic rings. The van der Waals surface area contributed by atoms with E-state index in [4.69, 9.17) is 9.47 Å². The van der Waals surface area contributed by atoms with Gasteiger partial charge in [0, 0.05) is 24.4 Å². The summed E-state index contributed by atoms with van der Waals surface area (Å²) in [5.74, 6) is 1.09. The van der Waals surface area contributed by atoms with Crippen LogP contribution in [0.5, 0.6) is 11.5 Å². The highest BCUT2D eigenvalue weighted by molar-refractivity contribution is 5.63. The first-order chi connectivity index (χ1) is 14.3. The normalized spacial score (nSPS) is 22.0. The Labute approximate surface area is 178 Å². The smallest absolute Gasteiger partial charge is 0.161 e. The van der Waals surface area contributed by atoms with Crippen LogP contribution >= 0.6 is 0 Å². The molecule has 6 nitrogen and oxygen atoms in total. The number of methoxy groups -OCH3 is 1. The number of aliphatic hydroxyl groups excluding tert-OH is 1. The number of likely N-dealkylation sites (tertiary alicyclic amines) is 1. The molecule has 0 saturated carbocycles. The summed E-state index contributed by atoms with van der Waals surface area (Å²) in [5.41, 5.74) is 1.57. The van der Waals surface area contributed by atoms with Crippen LogP contribution in [-0.4, -0.2) is 49.0 Å². The zero-order valence-corrected chi connectivity index (χ0v) is 17.8. The summed E-state index contributed by atoms with van der Waals surface area (Å²) in [6, 6.07) is 15.9. The van der Waals surface area contributed by atoms with E-state index in [0.717, 1.165) is 18.4 Å². The SMILES string of the molecule is COc1ccc(C2CN(C(=O)[O-])CC2(C)C(C)O)cc1OCCCc1ccccc1. The summed E-state index contributed by atoms with van der Waals surface area (Å²) in [7, 11) is 1.60. The van der Waals surface area contributed by atoms with Crippen LogP contribution in [0.1, 0.15) is 37.3 Å². The summed E-state index contributed by atoms with van der Waals surface area (Å²) < 4.78 is 11.5. The monoisotopic (exact) mass is 412 g/mol.